The molecule has 2 aliphatic rings. The van der Waals surface area contributed by atoms with Crippen LogP contribution in [-0.2, 0) is 14.0 Å². The van der Waals surface area contributed by atoms with E-state index in [0.29, 0.717) is 13.5 Å². The van der Waals surface area contributed by atoms with Crippen LogP contribution in [0.2, 0.25) is 0 Å². The smallest absolute Gasteiger partial charge is 0.466 e. The summed E-state index contributed by atoms with van der Waals surface area (Å²) in [4.78, 5) is 21.6. The zero-order chi connectivity index (χ0) is 11.6. The number of hydrogen-bond acceptors (Lipinski definition) is 5. The van der Waals surface area contributed by atoms with Gasteiger partial charge in [-0.3, -0.25) is 0 Å². The normalized spacial score (nSPS) is 14.7. The number of phosphoric acid groups is 1. The number of nitrogens with one attached hydrogen (secondary N) is 2. The quantitative estimate of drug-likeness (QED) is 0.378. The Morgan fingerprint density at radius 2 is 1.31 bits per heavy atom. The summed E-state index contributed by atoms with van der Waals surface area (Å²) in [5, 5.41) is 5.64. The van der Waals surface area contributed by atoms with Crippen molar-refractivity contribution in [3.8, 4) is 0 Å². The number of hydrogen-bond donors (Lipinski definition) is 5. The van der Waals surface area contributed by atoms with E-state index in [-0.39, 0.29) is 12.4 Å². The predicted octanol–water partition coefficient (Wildman–Crippen LogP) is -0.437. The van der Waals surface area contributed by atoms with E-state index in [1.165, 1.54) is 0 Å². The Hall–Kier alpha value is -0.920. The number of ether oxygens (including phenoxy) is 2. The third kappa shape index (κ3) is 23.2. The first-order chi connectivity index (χ1) is 7.00. The molecule has 0 atom stereocenters. The van der Waals surface area contributed by atoms with Crippen molar-refractivity contribution >= 4 is 20.2 Å². The fourth-order valence-corrected chi connectivity index (χ4v) is 0.481. The molecule has 96 valence electrons. The van der Waals surface area contributed by atoms with Crippen LogP contribution in [0.25, 0.3) is 0 Å². The largest absolute Gasteiger partial charge is 0.479 e. The summed E-state index contributed by atoms with van der Waals surface area (Å²) in [6.07, 6.45) is 6.78. The lowest BCUT2D eigenvalue weighted by atomic mass is 11.0. The molecular formula is C6H14ClN2O6P. The van der Waals surface area contributed by atoms with Crippen molar-refractivity contribution in [2.45, 2.75) is 0 Å². The first-order valence-electron chi connectivity index (χ1n) is 3.78. The highest BCUT2D eigenvalue weighted by Crippen LogP contribution is 2.25. The van der Waals surface area contributed by atoms with Crippen LogP contribution in [0.5, 0.6) is 0 Å². The minimum atomic E-state index is -4.64. The van der Waals surface area contributed by atoms with Crippen molar-refractivity contribution in [1.82, 2.24) is 10.6 Å². The molecule has 0 fully saturated rings. The molecule has 10 heteroatoms. The highest BCUT2D eigenvalue weighted by atomic mass is 35.5. The molecule has 0 saturated heterocycles. The van der Waals surface area contributed by atoms with Gasteiger partial charge in [-0.2, -0.15) is 0 Å². The zero-order valence-electron chi connectivity index (χ0n) is 8.15. The first kappa shape index (κ1) is 17.5. The molecule has 0 aliphatic carbocycles. The van der Waals surface area contributed by atoms with Crippen LogP contribution in [0.4, 0.5) is 0 Å². The second-order valence-corrected chi connectivity index (χ2v) is 3.18. The molecule has 0 radical (unpaired) electrons. The number of halogens is 1. The highest BCUT2D eigenvalue weighted by Gasteiger charge is 2.00. The molecular weight excluding hydrogens is 263 g/mol. The second-order valence-electron chi connectivity index (χ2n) is 2.15. The SMILES string of the molecule is C1=COCN1.C1=COCN1.Cl.O=P(O)(O)O. The van der Waals surface area contributed by atoms with E-state index >= 15 is 0 Å². The lowest BCUT2D eigenvalue weighted by molar-refractivity contribution is 0.267. The minimum Gasteiger partial charge on any atom is -0.479 e. The fraction of sp³-hybridized carbons (Fsp3) is 0.333. The molecule has 0 bridgehead atoms. The lowest BCUT2D eigenvalue weighted by Crippen LogP contribution is -1.98. The molecule has 5 N–H and O–H groups in total. The Morgan fingerprint density at radius 1 is 1.00 bits per heavy atom. The molecule has 8 nitrogen and oxygen atoms in total. The Bertz CT molecular complexity index is 219. The van der Waals surface area contributed by atoms with E-state index in [1.807, 2.05) is 0 Å². The van der Waals surface area contributed by atoms with E-state index in [4.69, 9.17) is 19.2 Å². The van der Waals surface area contributed by atoms with Gasteiger partial charge in [0.15, 0.2) is 13.5 Å². The van der Waals surface area contributed by atoms with Crippen molar-refractivity contribution in [2.75, 3.05) is 13.5 Å². The first-order valence-corrected chi connectivity index (χ1v) is 5.35. The van der Waals surface area contributed by atoms with Gasteiger partial charge in [0.25, 0.3) is 0 Å². The van der Waals surface area contributed by atoms with Crippen molar-refractivity contribution < 1.29 is 28.7 Å². The molecule has 0 spiro atoms. The van der Waals surface area contributed by atoms with Gasteiger partial charge < -0.3 is 34.8 Å². The van der Waals surface area contributed by atoms with Crippen LogP contribution in [0, 0.1) is 0 Å². The van der Waals surface area contributed by atoms with E-state index in [0.717, 1.165) is 0 Å². The topological polar surface area (TPSA) is 120 Å². The van der Waals surface area contributed by atoms with Crippen molar-refractivity contribution in [2.24, 2.45) is 0 Å². The van der Waals surface area contributed by atoms with Crippen molar-refractivity contribution in [1.29, 1.82) is 0 Å². The number of rotatable bonds is 0. The second kappa shape index (κ2) is 10.6. The van der Waals surface area contributed by atoms with Gasteiger partial charge >= 0.3 is 7.82 Å². The van der Waals surface area contributed by atoms with E-state index < -0.39 is 7.82 Å². The maximum absolute atomic E-state index is 8.88. The lowest BCUT2D eigenvalue weighted by Gasteiger charge is -1.82. The fourth-order valence-electron chi connectivity index (χ4n) is 0.481. The summed E-state index contributed by atoms with van der Waals surface area (Å²) in [5.41, 5.74) is 0. The van der Waals surface area contributed by atoms with Gasteiger partial charge in [-0.05, 0) is 0 Å². The highest BCUT2D eigenvalue weighted by molar-refractivity contribution is 7.45. The maximum atomic E-state index is 8.88. The summed E-state index contributed by atoms with van der Waals surface area (Å²) in [5.74, 6) is 0. The van der Waals surface area contributed by atoms with E-state index in [1.54, 1.807) is 24.9 Å². The molecule has 0 aromatic rings. The van der Waals surface area contributed by atoms with Gasteiger partial charge in [0.05, 0.1) is 0 Å². The third-order valence-electron chi connectivity index (χ3n) is 0.898. The standard InChI is InChI=1S/2C3H5NO.ClH.H3O4P/c2*1-2-5-3-4-1;;1-5(2,3)4/h2*1-2,4H,3H2;1H;(H3,1,2,3,4). The third-order valence-corrected chi connectivity index (χ3v) is 0.898. The average molecular weight is 277 g/mol. The Morgan fingerprint density at radius 3 is 1.38 bits per heavy atom. The van der Waals surface area contributed by atoms with Gasteiger partial charge in [0.1, 0.15) is 12.5 Å². The average Bonchev–Trinajstić information content (AvgIpc) is 2.81. The summed E-state index contributed by atoms with van der Waals surface area (Å²) in [6.45, 7) is 1.28. The summed E-state index contributed by atoms with van der Waals surface area (Å²) in [6, 6.07) is 0. The van der Waals surface area contributed by atoms with Crippen LogP contribution in [0.15, 0.2) is 24.9 Å². The van der Waals surface area contributed by atoms with Crippen LogP contribution in [0.1, 0.15) is 0 Å². The van der Waals surface area contributed by atoms with Crippen LogP contribution in [0.3, 0.4) is 0 Å². The van der Waals surface area contributed by atoms with Gasteiger partial charge in [-0.15, -0.1) is 12.4 Å². The molecule has 0 aromatic heterocycles. The maximum Gasteiger partial charge on any atom is 0.466 e. The summed E-state index contributed by atoms with van der Waals surface area (Å²) >= 11 is 0. The van der Waals surface area contributed by atoms with Gasteiger partial charge in [-0.25, -0.2) is 4.57 Å². The van der Waals surface area contributed by atoms with Gasteiger partial charge in [0.2, 0.25) is 0 Å². The van der Waals surface area contributed by atoms with Crippen molar-refractivity contribution in [3.63, 3.8) is 0 Å². The van der Waals surface area contributed by atoms with Crippen LogP contribution >= 0.6 is 20.2 Å². The molecule has 0 amide bonds. The molecule has 0 aromatic carbocycles. The molecule has 0 unspecified atom stereocenters. The summed E-state index contributed by atoms with van der Waals surface area (Å²) < 4.78 is 18.2. The van der Waals surface area contributed by atoms with Gasteiger partial charge in [0, 0.05) is 12.4 Å². The predicted molar refractivity (Wildman–Crippen MR) is 58.0 cm³/mol. The zero-order valence-corrected chi connectivity index (χ0v) is 9.86. The Kier molecular flexibility index (Phi) is 11.6. The van der Waals surface area contributed by atoms with E-state index in [2.05, 4.69) is 20.1 Å². The van der Waals surface area contributed by atoms with Crippen LogP contribution < -0.4 is 10.6 Å². The summed E-state index contributed by atoms with van der Waals surface area (Å²) in [7, 11) is -4.64. The van der Waals surface area contributed by atoms with E-state index in [9.17, 15) is 0 Å². The van der Waals surface area contributed by atoms with Gasteiger partial charge in [-0.1, -0.05) is 0 Å². The molecule has 2 rings (SSSR count). The van der Waals surface area contributed by atoms with Crippen molar-refractivity contribution in [3.05, 3.63) is 24.9 Å². The Labute approximate surface area is 98.6 Å². The molecule has 2 heterocycles. The molecule has 0 saturated carbocycles. The van der Waals surface area contributed by atoms with Crippen LogP contribution in [-0.4, -0.2) is 28.1 Å². The minimum absolute atomic E-state index is 0. The molecule has 16 heavy (non-hydrogen) atoms. The molecule has 2 aliphatic heterocycles. The monoisotopic (exact) mass is 276 g/mol. The Balaban J connectivity index is 0.